The minimum absolute atomic E-state index is 0.0438. The zero-order valence-electron chi connectivity index (χ0n) is 16.3. The smallest absolute Gasteiger partial charge is 0.290 e. The molecule has 148 valence electrons. The number of aliphatic hydroxyl groups is 1. The van der Waals surface area contributed by atoms with Gasteiger partial charge in [-0.15, -0.1) is 0 Å². The summed E-state index contributed by atoms with van der Waals surface area (Å²) in [6.07, 6.45) is 2.14. The van der Waals surface area contributed by atoms with E-state index in [1.54, 1.807) is 42.3 Å². The second-order valence-electron chi connectivity index (χ2n) is 7.05. The van der Waals surface area contributed by atoms with Crippen LogP contribution in [0.1, 0.15) is 28.6 Å². The van der Waals surface area contributed by atoms with Gasteiger partial charge in [0.1, 0.15) is 5.75 Å². The largest absolute Gasteiger partial charge is 0.503 e. The molecule has 2 heterocycles. The summed E-state index contributed by atoms with van der Waals surface area (Å²) in [5.41, 5.74) is 0.771. The van der Waals surface area contributed by atoms with E-state index in [1.165, 1.54) is 17.2 Å². The number of hydrogen-bond acceptors (Lipinski definition) is 5. The van der Waals surface area contributed by atoms with Crippen molar-refractivity contribution < 1.29 is 28.7 Å². The molecule has 0 fully saturated rings. The summed E-state index contributed by atoms with van der Waals surface area (Å²) < 4.78 is 10.4. The molecule has 2 aromatic rings. The first-order valence-electron chi connectivity index (χ1n) is 9.19. The molecule has 1 atom stereocenters. The Hall–Kier alpha value is -3.06. The van der Waals surface area contributed by atoms with Crippen LogP contribution in [-0.2, 0) is 4.79 Å². The van der Waals surface area contributed by atoms with E-state index < -0.39 is 23.5 Å². The van der Waals surface area contributed by atoms with Crippen LogP contribution >= 0.6 is 0 Å². The Balaban J connectivity index is 1.99. The first-order chi connectivity index (χ1) is 13.4. The number of Topliss-reactive ketones (excluding diaryl/α,β-unsaturated/α-hetero) is 1. The molecule has 0 spiro atoms. The van der Waals surface area contributed by atoms with Gasteiger partial charge in [0, 0.05) is 13.0 Å². The summed E-state index contributed by atoms with van der Waals surface area (Å²) in [6, 6.07) is 9.59. The van der Waals surface area contributed by atoms with E-state index in [2.05, 4.69) is 0 Å². The van der Waals surface area contributed by atoms with Crippen LogP contribution in [0.4, 0.5) is 0 Å². The van der Waals surface area contributed by atoms with Gasteiger partial charge in [-0.25, -0.2) is 0 Å². The molecule has 0 unspecified atom stereocenters. The van der Waals surface area contributed by atoms with Crippen molar-refractivity contribution in [3.8, 4) is 5.75 Å². The number of ether oxygens (including phenoxy) is 1. The molecule has 7 heteroatoms. The number of carbonyl (C=O) groups excluding carboxylic acids is 2. The average molecular weight is 385 g/mol. The molecule has 3 rings (SSSR count). The first kappa shape index (κ1) is 19.7. The molecule has 1 amide bonds. The number of aliphatic hydroxyl groups excluding tert-OH is 1. The highest BCUT2D eigenvalue weighted by molar-refractivity contribution is 6.15. The van der Waals surface area contributed by atoms with Gasteiger partial charge in [0.15, 0.2) is 11.5 Å². The summed E-state index contributed by atoms with van der Waals surface area (Å²) in [4.78, 5) is 28.6. The van der Waals surface area contributed by atoms with Crippen molar-refractivity contribution in [3.05, 3.63) is 65.3 Å². The number of ketones is 1. The van der Waals surface area contributed by atoms with Gasteiger partial charge in [0.2, 0.25) is 5.78 Å². The van der Waals surface area contributed by atoms with E-state index in [-0.39, 0.29) is 11.3 Å². The Kier molecular flexibility index (Phi) is 5.84. The van der Waals surface area contributed by atoms with Crippen LogP contribution in [0.25, 0.3) is 0 Å². The average Bonchev–Trinajstić information content (AvgIpc) is 3.30. The van der Waals surface area contributed by atoms with Crippen LogP contribution in [-0.4, -0.2) is 56.0 Å². The van der Waals surface area contributed by atoms with E-state index in [0.717, 1.165) is 18.5 Å². The molecule has 0 bridgehead atoms. The third-order valence-corrected chi connectivity index (χ3v) is 4.80. The van der Waals surface area contributed by atoms with Crippen molar-refractivity contribution in [2.45, 2.75) is 12.5 Å². The fraction of sp³-hybridized carbons (Fsp3) is 0.333. The molecule has 0 radical (unpaired) electrons. The summed E-state index contributed by atoms with van der Waals surface area (Å²) in [5.74, 6) is -0.781. The maximum absolute atomic E-state index is 13.0. The fourth-order valence-corrected chi connectivity index (χ4v) is 3.39. The number of amides is 1. The van der Waals surface area contributed by atoms with Crippen LogP contribution < -0.4 is 9.64 Å². The predicted molar refractivity (Wildman–Crippen MR) is 102 cm³/mol. The topological polar surface area (TPSA) is 84.4 Å². The Morgan fingerprint density at radius 2 is 1.96 bits per heavy atom. The maximum atomic E-state index is 13.0. The van der Waals surface area contributed by atoms with E-state index in [1.807, 2.05) is 14.1 Å². The van der Waals surface area contributed by atoms with Gasteiger partial charge in [-0.3, -0.25) is 9.59 Å². The molecule has 1 aromatic carbocycles. The Morgan fingerprint density at radius 1 is 1.25 bits per heavy atom. The van der Waals surface area contributed by atoms with E-state index in [9.17, 15) is 14.7 Å². The second-order valence-corrected chi connectivity index (χ2v) is 7.05. The SMILES string of the molecule is COc1ccc([C@@H]2C(C(=O)c3ccco3)=C(O)C(=O)N2CCC[NH+](C)C)cc1. The van der Waals surface area contributed by atoms with Gasteiger partial charge in [0.25, 0.3) is 5.91 Å². The fourth-order valence-electron chi connectivity index (χ4n) is 3.39. The lowest BCUT2D eigenvalue weighted by atomic mass is 9.95. The third kappa shape index (κ3) is 3.80. The number of methoxy groups -OCH3 is 1. The number of nitrogens with zero attached hydrogens (tertiary/aromatic N) is 1. The molecule has 1 aromatic heterocycles. The molecule has 0 aliphatic carbocycles. The summed E-state index contributed by atoms with van der Waals surface area (Å²) in [5, 5.41) is 10.5. The standard InChI is InChI=1S/C21H24N2O5/c1-22(2)11-5-12-23-18(14-7-9-15(27-3)10-8-14)17(20(25)21(23)26)19(24)16-6-4-13-28-16/h4,6-10,13,18,25H,5,11-12H2,1-3H3/p+1/t18-/m1/s1. The molecule has 7 nitrogen and oxygen atoms in total. The lowest BCUT2D eigenvalue weighted by Crippen LogP contribution is -3.05. The van der Waals surface area contributed by atoms with Crippen LogP contribution in [0, 0.1) is 0 Å². The van der Waals surface area contributed by atoms with Gasteiger partial charge in [-0.1, -0.05) is 12.1 Å². The van der Waals surface area contributed by atoms with Crippen LogP contribution in [0.5, 0.6) is 5.75 Å². The lowest BCUT2D eigenvalue weighted by molar-refractivity contribution is -0.858. The molecule has 0 saturated heterocycles. The predicted octanol–water partition coefficient (Wildman–Crippen LogP) is 1.40. The van der Waals surface area contributed by atoms with Gasteiger partial charge >= 0.3 is 0 Å². The van der Waals surface area contributed by atoms with Crippen LogP contribution in [0.3, 0.4) is 0 Å². The molecular weight excluding hydrogens is 360 g/mol. The van der Waals surface area contributed by atoms with Gasteiger partial charge < -0.3 is 24.1 Å². The molecule has 28 heavy (non-hydrogen) atoms. The molecule has 2 N–H and O–H groups in total. The summed E-state index contributed by atoms with van der Waals surface area (Å²) in [6.45, 7) is 1.29. The molecule has 1 aliphatic heterocycles. The van der Waals surface area contributed by atoms with Crippen molar-refractivity contribution in [1.29, 1.82) is 0 Å². The Bertz CT molecular complexity index is 869. The zero-order chi connectivity index (χ0) is 20.3. The minimum atomic E-state index is -0.673. The number of benzene rings is 1. The summed E-state index contributed by atoms with van der Waals surface area (Å²) in [7, 11) is 5.64. The zero-order valence-corrected chi connectivity index (χ0v) is 16.3. The Morgan fingerprint density at radius 3 is 2.54 bits per heavy atom. The van der Waals surface area contributed by atoms with Crippen LogP contribution in [0.2, 0.25) is 0 Å². The lowest BCUT2D eigenvalue weighted by Gasteiger charge is -2.27. The number of carbonyl (C=O) groups is 2. The molecule has 0 saturated carbocycles. The Labute approximate surface area is 163 Å². The number of furan rings is 1. The molecular formula is C21H25N2O5+. The van der Waals surface area contributed by atoms with E-state index in [4.69, 9.17) is 9.15 Å². The summed E-state index contributed by atoms with van der Waals surface area (Å²) >= 11 is 0. The van der Waals surface area contributed by atoms with Gasteiger partial charge in [0.05, 0.1) is 45.6 Å². The highest BCUT2D eigenvalue weighted by Gasteiger charge is 2.44. The number of rotatable bonds is 8. The maximum Gasteiger partial charge on any atom is 0.290 e. The van der Waals surface area contributed by atoms with Crippen molar-refractivity contribution in [3.63, 3.8) is 0 Å². The number of nitrogens with one attached hydrogen (secondary N) is 1. The monoisotopic (exact) mass is 385 g/mol. The molecule has 1 aliphatic rings. The van der Waals surface area contributed by atoms with E-state index >= 15 is 0 Å². The quantitative estimate of drug-likeness (QED) is 0.671. The minimum Gasteiger partial charge on any atom is -0.503 e. The van der Waals surface area contributed by atoms with Gasteiger partial charge in [-0.05, 0) is 29.8 Å². The number of hydrogen-bond donors (Lipinski definition) is 2. The normalized spacial score (nSPS) is 16.9. The van der Waals surface area contributed by atoms with Crippen LogP contribution in [0.15, 0.2) is 58.4 Å². The first-order valence-corrected chi connectivity index (χ1v) is 9.19. The third-order valence-electron chi connectivity index (χ3n) is 4.80. The van der Waals surface area contributed by atoms with Crippen molar-refractivity contribution in [2.24, 2.45) is 0 Å². The van der Waals surface area contributed by atoms with Crippen molar-refractivity contribution >= 4 is 11.7 Å². The van der Waals surface area contributed by atoms with Gasteiger partial charge in [-0.2, -0.15) is 0 Å². The van der Waals surface area contributed by atoms with Crippen molar-refractivity contribution in [2.75, 3.05) is 34.3 Å². The van der Waals surface area contributed by atoms with E-state index in [0.29, 0.717) is 12.3 Å². The van der Waals surface area contributed by atoms with Crippen molar-refractivity contribution in [1.82, 2.24) is 4.90 Å². The highest BCUT2D eigenvalue weighted by atomic mass is 16.5. The highest BCUT2D eigenvalue weighted by Crippen LogP contribution is 2.39. The number of quaternary nitrogens is 1. The second kappa shape index (κ2) is 8.31.